The van der Waals surface area contributed by atoms with Gasteiger partial charge in [-0.05, 0) is 74.0 Å². The maximum Gasteiger partial charge on any atom is 0.266 e. The molecule has 5 nitrogen and oxygen atoms in total. The number of benzene rings is 3. The Bertz CT molecular complexity index is 1350. The Kier molecular flexibility index (Phi) is 6.56. The minimum absolute atomic E-state index is 0.186. The summed E-state index contributed by atoms with van der Waals surface area (Å²) in [6.07, 6.45) is 0.527. The summed E-state index contributed by atoms with van der Waals surface area (Å²) < 4.78 is 15.1. The fourth-order valence-electron chi connectivity index (χ4n) is 4.02. The Balaban J connectivity index is 1.92. The molecule has 0 aliphatic rings. The summed E-state index contributed by atoms with van der Waals surface area (Å²) in [7, 11) is 0. The number of carbonyl (C=O) groups excluding carboxylic acids is 1. The maximum absolute atomic E-state index is 13.6. The van der Waals surface area contributed by atoms with Crippen molar-refractivity contribution in [2.24, 2.45) is 0 Å². The quantitative estimate of drug-likeness (QED) is 0.363. The molecule has 0 radical (unpaired) electrons. The zero-order valence-corrected chi connectivity index (χ0v) is 19.1. The molecule has 1 amide bonds. The monoisotopic (exact) mass is 463 g/mol. The normalized spacial score (nSPS) is 12.0. The van der Waals surface area contributed by atoms with E-state index in [1.165, 1.54) is 16.7 Å². The van der Waals surface area contributed by atoms with Crippen molar-refractivity contribution in [2.75, 3.05) is 6.54 Å². The zero-order valence-electron chi connectivity index (χ0n) is 18.3. The lowest BCUT2D eigenvalue weighted by atomic mass is 10.1. The second kappa shape index (κ2) is 9.55. The first kappa shape index (κ1) is 22.7. The van der Waals surface area contributed by atoms with E-state index < -0.39 is 11.9 Å². The molecule has 0 bridgehead atoms. The number of fused-ring (bicyclic) bond motifs is 1. The van der Waals surface area contributed by atoms with Gasteiger partial charge in [-0.15, -0.1) is 0 Å². The largest absolute Gasteiger partial charge is 0.329 e. The maximum atomic E-state index is 13.6. The molecule has 4 aromatic rings. The van der Waals surface area contributed by atoms with Gasteiger partial charge in [-0.3, -0.25) is 14.2 Å². The molecule has 0 fully saturated rings. The fourth-order valence-corrected chi connectivity index (χ4v) is 4.15. The third-order valence-electron chi connectivity index (χ3n) is 5.64. The number of hydrogen-bond acceptors (Lipinski definition) is 3. The topological polar surface area (TPSA) is 55.2 Å². The van der Waals surface area contributed by atoms with Crippen LogP contribution in [-0.2, 0) is 0 Å². The van der Waals surface area contributed by atoms with Gasteiger partial charge < -0.3 is 4.90 Å². The van der Waals surface area contributed by atoms with E-state index in [1.54, 1.807) is 59.5 Å². The Labute approximate surface area is 196 Å². The van der Waals surface area contributed by atoms with Crippen molar-refractivity contribution in [1.82, 2.24) is 14.5 Å². The standard InChI is InChI=1S/C26H23ClFN3O2/c1-3-23(30(4-2)25(32)17-9-11-18(27)12-10-17)24-29-22-8-6-5-7-21(22)26(33)31(24)20-15-13-19(28)14-16-20/h5-16,23H,3-4H2,1-2H3. The molecular weight excluding hydrogens is 441 g/mol. The van der Waals surface area contributed by atoms with E-state index >= 15 is 0 Å². The average molecular weight is 464 g/mol. The molecule has 0 saturated heterocycles. The number of nitrogens with zero attached hydrogens (tertiary/aromatic N) is 3. The van der Waals surface area contributed by atoms with E-state index in [4.69, 9.17) is 16.6 Å². The molecule has 1 atom stereocenters. The van der Waals surface area contributed by atoms with Gasteiger partial charge in [-0.2, -0.15) is 0 Å². The number of rotatable bonds is 6. The molecule has 4 rings (SSSR count). The first-order chi connectivity index (χ1) is 15.9. The number of hydrogen-bond donors (Lipinski definition) is 0. The summed E-state index contributed by atoms with van der Waals surface area (Å²) >= 11 is 5.99. The summed E-state index contributed by atoms with van der Waals surface area (Å²) in [4.78, 5) is 33.5. The number of halogens is 2. The summed E-state index contributed by atoms with van der Waals surface area (Å²) in [6, 6.07) is 19.0. The Morgan fingerprint density at radius 2 is 1.70 bits per heavy atom. The van der Waals surface area contributed by atoms with Gasteiger partial charge in [0.25, 0.3) is 11.5 Å². The number of para-hydroxylation sites is 1. The van der Waals surface area contributed by atoms with E-state index in [0.717, 1.165) is 0 Å². The van der Waals surface area contributed by atoms with Gasteiger partial charge in [-0.1, -0.05) is 30.7 Å². The lowest BCUT2D eigenvalue weighted by molar-refractivity contribution is 0.0672. The summed E-state index contributed by atoms with van der Waals surface area (Å²) in [5.41, 5.74) is 1.26. The molecule has 0 spiro atoms. The second-order valence-corrected chi connectivity index (χ2v) is 8.06. The van der Waals surface area contributed by atoms with E-state index in [0.29, 0.717) is 46.0 Å². The van der Waals surface area contributed by atoms with Crippen LogP contribution in [0.1, 0.15) is 42.5 Å². The molecule has 1 unspecified atom stereocenters. The van der Waals surface area contributed by atoms with Gasteiger partial charge in [0.2, 0.25) is 0 Å². The summed E-state index contributed by atoms with van der Waals surface area (Å²) in [5, 5.41) is 0.996. The van der Waals surface area contributed by atoms with Crippen LogP contribution in [0, 0.1) is 5.82 Å². The van der Waals surface area contributed by atoms with Crippen LogP contribution in [0.2, 0.25) is 5.02 Å². The van der Waals surface area contributed by atoms with Crippen molar-refractivity contribution < 1.29 is 9.18 Å². The van der Waals surface area contributed by atoms with Crippen LogP contribution >= 0.6 is 11.6 Å². The van der Waals surface area contributed by atoms with Crippen LogP contribution in [0.25, 0.3) is 16.6 Å². The van der Waals surface area contributed by atoms with Gasteiger partial charge in [-0.25, -0.2) is 9.37 Å². The first-order valence-corrected chi connectivity index (χ1v) is 11.2. The van der Waals surface area contributed by atoms with Gasteiger partial charge in [0.15, 0.2) is 0 Å². The van der Waals surface area contributed by atoms with Crippen molar-refractivity contribution in [2.45, 2.75) is 26.3 Å². The van der Waals surface area contributed by atoms with Crippen molar-refractivity contribution >= 4 is 28.4 Å². The molecule has 0 aliphatic carbocycles. The number of amides is 1. The summed E-state index contributed by atoms with van der Waals surface area (Å²) in [6.45, 7) is 4.24. The second-order valence-electron chi connectivity index (χ2n) is 7.63. The molecule has 3 aromatic carbocycles. The van der Waals surface area contributed by atoms with Crippen molar-refractivity contribution in [1.29, 1.82) is 0 Å². The number of carbonyl (C=O) groups is 1. The molecule has 33 heavy (non-hydrogen) atoms. The predicted octanol–water partition coefficient (Wildman–Crippen LogP) is 5.79. The smallest absolute Gasteiger partial charge is 0.266 e. The van der Waals surface area contributed by atoms with Crippen LogP contribution in [0.4, 0.5) is 4.39 Å². The molecule has 1 heterocycles. The van der Waals surface area contributed by atoms with Crippen LogP contribution in [0.3, 0.4) is 0 Å². The van der Waals surface area contributed by atoms with Gasteiger partial charge in [0, 0.05) is 17.1 Å². The summed E-state index contributed by atoms with van der Waals surface area (Å²) in [5.74, 6) is -0.159. The van der Waals surface area contributed by atoms with Crippen LogP contribution in [0.5, 0.6) is 0 Å². The van der Waals surface area contributed by atoms with Gasteiger partial charge in [0.05, 0.1) is 22.6 Å². The number of aromatic nitrogens is 2. The van der Waals surface area contributed by atoms with Crippen molar-refractivity contribution in [3.8, 4) is 5.69 Å². The third-order valence-corrected chi connectivity index (χ3v) is 5.89. The Morgan fingerprint density at radius 3 is 2.33 bits per heavy atom. The minimum Gasteiger partial charge on any atom is -0.329 e. The van der Waals surface area contributed by atoms with Crippen molar-refractivity contribution in [3.63, 3.8) is 0 Å². The minimum atomic E-state index is -0.486. The third kappa shape index (κ3) is 4.39. The van der Waals surface area contributed by atoms with Gasteiger partial charge in [0.1, 0.15) is 11.6 Å². The predicted molar refractivity (Wildman–Crippen MR) is 128 cm³/mol. The fraction of sp³-hybridized carbons (Fsp3) is 0.192. The zero-order chi connectivity index (χ0) is 23.5. The molecule has 168 valence electrons. The van der Waals surface area contributed by atoms with Crippen molar-refractivity contribution in [3.05, 3.63) is 105 Å². The average Bonchev–Trinajstić information content (AvgIpc) is 2.83. The van der Waals surface area contributed by atoms with Gasteiger partial charge >= 0.3 is 0 Å². The first-order valence-electron chi connectivity index (χ1n) is 10.8. The van der Waals surface area contributed by atoms with E-state index in [-0.39, 0.29) is 11.5 Å². The lowest BCUT2D eigenvalue weighted by Gasteiger charge is -2.31. The molecule has 0 saturated carbocycles. The molecule has 1 aromatic heterocycles. The molecule has 0 aliphatic heterocycles. The van der Waals surface area contributed by atoms with E-state index in [2.05, 4.69) is 0 Å². The van der Waals surface area contributed by atoms with Crippen LogP contribution in [0.15, 0.2) is 77.6 Å². The highest BCUT2D eigenvalue weighted by Crippen LogP contribution is 2.27. The highest BCUT2D eigenvalue weighted by molar-refractivity contribution is 6.30. The molecule has 0 N–H and O–H groups in total. The molecule has 7 heteroatoms. The highest BCUT2D eigenvalue weighted by atomic mass is 35.5. The highest BCUT2D eigenvalue weighted by Gasteiger charge is 2.28. The van der Waals surface area contributed by atoms with Crippen LogP contribution in [-0.4, -0.2) is 26.9 Å². The molecular formula is C26H23ClFN3O2. The Morgan fingerprint density at radius 1 is 1.03 bits per heavy atom. The van der Waals surface area contributed by atoms with E-state index in [9.17, 15) is 14.0 Å². The Hall–Kier alpha value is -3.51. The van der Waals surface area contributed by atoms with Crippen LogP contribution < -0.4 is 5.56 Å². The lowest BCUT2D eigenvalue weighted by Crippen LogP contribution is -2.38. The van der Waals surface area contributed by atoms with E-state index in [1.807, 2.05) is 19.9 Å². The SMILES string of the molecule is CCC(c1nc2ccccc2c(=O)n1-c1ccc(F)cc1)N(CC)C(=O)c1ccc(Cl)cc1.